The Kier molecular flexibility index (Phi) is 5.57. The minimum Gasteiger partial charge on any atom is -0.480 e. The van der Waals surface area contributed by atoms with Gasteiger partial charge >= 0.3 is 11.9 Å². The quantitative estimate of drug-likeness (QED) is 0.647. The third-order valence-electron chi connectivity index (χ3n) is 3.40. The molecular weight excluding hydrogens is 280 g/mol. The van der Waals surface area contributed by atoms with Crippen LogP contribution in [0.5, 0.6) is 0 Å². The van der Waals surface area contributed by atoms with Crippen molar-refractivity contribution >= 4 is 23.5 Å². The highest BCUT2D eigenvalue weighted by molar-refractivity contribution is 6.30. The monoisotopic (exact) mass is 298 g/mol. The Bertz CT molecular complexity index is 481. The van der Waals surface area contributed by atoms with Crippen LogP contribution in [-0.4, -0.2) is 23.7 Å². The van der Waals surface area contributed by atoms with E-state index in [9.17, 15) is 14.7 Å². The molecule has 0 fully saturated rings. The summed E-state index contributed by atoms with van der Waals surface area (Å²) in [7, 11) is 0. The predicted octanol–water partition coefficient (Wildman–Crippen LogP) is 3.17. The first-order chi connectivity index (χ1) is 9.34. The van der Waals surface area contributed by atoms with Crippen LogP contribution in [-0.2, 0) is 20.7 Å². The Balaban J connectivity index is 3.19. The molecule has 0 aliphatic rings. The van der Waals surface area contributed by atoms with Crippen LogP contribution in [0.1, 0.15) is 26.3 Å². The van der Waals surface area contributed by atoms with E-state index in [1.54, 1.807) is 45.0 Å². The second-order valence-corrected chi connectivity index (χ2v) is 5.39. The van der Waals surface area contributed by atoms with Gasteiger partial charge in [0, 0.05) is 5.02 Å². The van der Waals surface area contributed by atoms with Crippen LogP contribution >= 0.6 is 11.6 Å². The van der Waals surface area contributed by atoms with E-state index in [0.29, 0.717) is 5.02 Å². The Morgan fingerprint density at radius 1 is 1.30 bits per heavy atom. The molecular formula is C15H19ClO4. The van der Waals surface area contributed by atoms with Crippen LogP contribution in [0.4, 0.5) is 0 Å². The lowest BCUT2D eigenvalue weighted by molar-refractivity contribution is -0.172. The summed E-state index contributed by atoms with van der Waals surface area (Å²) in [5.74, 6) is -2.26. The smallest absolute Gasteiger partial charge is 0.324 e. The molecule has 0 heterocycles. The van der Waals surface area contributed by atoms with Crippen molar-refractivity contribution in [2.24, 2.45) is 11.3 Å². The van der Waals surface area contributed by atoms with Gasteiger partial charge in [-0.2, -0.15) is 0 Å². The molecule has 0 saturated heterocycles. The average Bonchev–Trinajstić information content (AvgIpc) is 2.37. The lowest BCUT2D eigenvalue weighted by atomic mass is 9.72. The third kappa shape index (κ3) is 3.31. The van der Waals surface area contributed by atoms with Crippen molar-refractivity contribution in [1.82, 2.24) is 0 Å². The number of halogens is 1. The number of ether oxygens (including phenoxy) is 1. The molecule has 0 saturated carbocycles. The van der Waals surface area contributed by atoms with Gasteiger partial charge in [0.25, 0.3) is 0 Å². The number of esters is 1. The van der Waals surface area contributed by atoms with Crippen molar-refractivity contribution in [3.8, 4) is 0 Å². The normalized spacial score (nSPS) is 13.8. The fourth-order valence-electron chi connectivity index (χ4n) is 2.11. The highest BCUT2D eigenvalue weighted by Gasteiger charge is 2.50. The van der Waals surface area contributed by atoms with Gasteiger partial charge in [0.15, 0.2) is 5.41 Å². The maximum Gasteiger partial charge on any atom is 0.324 e. The molecule has 1 aromatic rings. The summed E-state index contributed by atoms with van der Waals surface area (Å²) < 4.78 is 4.98. The van der Waals surface area contributed by atoms with Gasteiger partial charge in [-0.15, -0.1) is 0 Å². The summed E-state index contributed by atoms with van der Waals surface area (Å²) in [6.45, 7) is 5.23. The molecule has 1 atom stereocenters. The Hall–Kier alpha value is -1.55. The van der Waals surface area contributed by atoms with Crippen LogP contribution in [0.3, 0.4) is 0 Å². The second kappa shape index (κ2) is 6.75. The third-order valence-corrected chi connectivity index (χ3v) is 3.66. The SMILES string of the molecule is CCOC(=O)C(Cc1ccc(Cl)cc1)(C(=O)O)C(C)C. The molecule has 0 aromatic heterocycles. The second-order valence-electron chi connectivity index (χ2n) is 4.95. The van der Waals surface area contributed by atoms with E-state index in [1.165, 1.54) is 0 Å². The zero-order valence-electron chi connectivity index (χ0n) is 11.9. The van der Waals surface area contributed by atoms with Gasteiger partial charge < -0.3 is 9.84 Å². The maximum atomic E-state index is 12.2. The Morgan fingerprint density at radius 3 is 2.25 bits per heavy atom. The molecule has 110 valence electrons. The summed E-state index contributed by atoms with van der Waals surface area (Å²) in [6.07, 6.45) is 0.0794. The largest absolute Gasteiger partial charge is 0.480 e. The lowest BCUT2D eigenvalue weighted by Crippen LogP contribution is -2.46. The molecule has 0 aliphatic carbocycles. The highest BCUT2D eigenvalue weighted by atomic mass is 35.5. The van der Waals surface area contributed by atoms with E-state index in [4.69, 9.17) is 16.3 Å². The fourth-order valence-corrected chi connectivity index (χ4v) is 2.23. The summed E-state index contributed by atoms with van der Waals surface area (Å²) >= 11 is 5.81. The Morgan fingerprint density at radius 2 is 1.85 bits per heavy atom. The highest BCUT2D eigenvalue weighted by Crippen LogP contribution is 2.34. The van der Waals surface area contributed by atoms with Crippen molar-refractivity contribution in [3.05, 3.63) is 34.9 Å². The van der Waals surface area contributed by atoms with Gasteiger partial charge in [-0.25, -0.2) is 0 Å². The molecule has 0 radical (unpaired) electrons. The van der Waals surface area contributed by atoms with Gasteiger partial charge in [0.2, 0.25) is 0 Å². The number of carbonyl (C=O) groups excluding carboxylic acids is 1. The van der Waals surface area contributed by atoms with Crippen LogP contribution in [0.25, 0.3) is 0 Å². The topological polar surface area (TPSA) is 63.6 Å². The van der Waals surface area contributed by atoms with E-state index >= 15 is 0 Å². The van der Waals surface area contributed by atoms with E-state index in [1.807, 2.05) is 0 Å². The molecule has 1 N–H and O–H groups in total. The van der Waals surface area contributed by atoms with E-state index in [0.717, 1.165) is 5.56 Å². The number of carbonyl (C=O) groups is 2. The summed E-state index contributed by atoms with van der Waals surface area (Å²) in [6, 6.07) is 6.80. The van der Waals surface area contributed by atoms with Gasteiger partial charge in [0.1, 0.15) is 0 Å². The van der Waals surface area contributed by atoms with Crippen molar-refractivity contribution in [2.75, 3.05) is 6.61 Å². The molecule has 1 aromatic carbocycles. The molecule has 1 unspecified atom stereocenters. The first kappa shape index (κ1) is 16.5. The molecule has 4 nitrogen and oxygen atoms in total. The van der Waals surface area contributed by atoms with Crippen LogP contribution in [0.2, 0.25) is 5.02 Å². The molecule has 20 heavy (non-hydrogen) atoms. The van der Waals surface area contributed by atoms with Crippen molar-refractivity contribution in [3.63, 3.8) is 0 Å². The first-order valence-corrected chi connectivity index (χ1v) is 6.87. The van der Waals surface area contributed by atoms with Gasteiger partial charge in [-0.3, -0.25) is 9.59 Å². The Labute approximate surface area is 123 Å². The first-order valence-electron chi connectivity index (χ1n) is 6.49. The fraction of sp³-hybridized carbons (Fsp3) is 0.467. The molecule has 0 aliphatic heterocycles. The van der Waals surface area contributed by atoms with Crippen molar-refractivity contribution in [1.29, 1.82) is 0 Å². The van der Waals surface area contributed by atoms with Gasteiger partial charge in [-0.1, -0.05) is 37.6 Å². The van der Waals surface area contributed by atoms with Crippen LogP contribution < -0.4 is 0 Å². The van der Waals surface area contributed by atoms with E-state index in [2.05, 4.69) is 0 Å². The zero-order chi connectivity index (χ0) is 15.3. The molecule has 0 amide bonds. The minimum absolute atomic E-state index is 0.0794. The molecule has 0 spiro atoms. The molecule has 1 rings (SSSR count). The number of carboxylic acids is 1. The molecule has 5 heteroatoms. The van der Waals surface area contributed by atoms with E-state index < -0.39 is 23.3 Å². The number of carboxylic acid groups (broad SMARTS) is 1. The number of hydrogen-bond acceptors (Lipinski definition) is 3. The van der Waals surface area contributed by atoms with Crippen molar-refractivity contribution < 1.29 is 19.4 Å². The van der Waals surface area contributed by atoms with Crippen LogP contribution in [0, 0.1) is 11.3 Å². The average molecular weight is 299 g/mol. The molecule has 0 bridgehead atoms. The summed E-state index contributed by atoms with van der Waals surface area (Å²) in [4.78, 5) is 23.9. The van der Waals surface area contributed by atoms with Gasteiger partial charge in [-0.05, 0) is 37.0 Å². The minimum atomic E-state index is -1.58. The van der Waals surface area contributed by atoms with Crippen LogP contribution in [0.15, 0.2) is 24.3 Å². The van der Waals surface area contributed by atoms with Crippen molar-refractivity contribution in [2.45, 2.75) is 27.2 Å². The number of hydrogen-bond donors (Lipinski definition) is 1. The predicted molar refractivity (Wildman–Crippen MR) is 76.7 cm³/mol. The summed E-state index contributed by atoms with van der Waals surface area (Å²) in [5.41, 5.74) is -0.845. The maximum absolute atomic E-state index is 12.2. The zero-order valence-corrected chi connectivity index (χ0v) is 12.6. The standard InChI is InChI=1S/C15H19ClO4/c1-4-20-14(19)15(10(2)3,13(17)18)9-11-5-7-12(16)8-6-11/h5-8,10H,4,9H2,1-3H3,(H,17,18). The number of rotatable bonds is 6. The lowest BCUT2D eigenvalue weighted by Gasteiger charge is -2.31. The number of aliphatic carboxylic acids is 1. The van der Waals surface area contributed by atoms with Gasteiger partial charge in [0.05, 0.1) is 6.61 Å². The summed E-state index contributed by atoms with van der Waals surface area (Å²) in [5, 5.41) is 10.1. The van der Waals surface area contributed by atoms with E-state index in [-0.39, 0.29) is 13.0 Å². The number of benzene rings is 1.